The van der Waals surface area contributed by atoms with Crippen molar-refractivity contribution in [2.45, 2.75) is 64.8 Å². The quantitative estimate of drug-likeness (QED) is 0.322. The molecule has 1 aliphatic heterocycles. The van der Waals surface area contributed by atoms with Crippen molar-refractivity contribution in [1.29, 1.82) is 0 Å². The third kappa shape index (κ3) is 9.55. The number of amides is 2. The molecule has 1 aromatic heterocycles. The van der Waals surface area contributed by atoms with Gasteiger partial charge in [-0.2, -0.15) is 0 Å². The molecule has 0 atom stereocenters. The van der Waals surface area contributed by atoms with Gasteiger partial charge in [0, 0.05) is 43.0 Å². The number of rotatable bonds is 9. The van der Waals surface area contributed by atoms with E-state index in [9.17, 15) is 14.4 Å². The largest absolute Gasteiger partial charge is 0.483 e. The zero-order valence-electron chi connectivity index (χ0n) is 23.6. The van der Waals surface area contributed by atoms with Crippen molar-refractivity contribution in [2.75, 3.05) is 26.2 Å². The van der Waals surface area contributed by atoms with Crippen LogP contribution < -0.4 is 10.6 Å². The van der Waals surface area contributed by atoms with E-state index >= 15 is 0 Å². The number of Topliss-reactive ketones (excluding diaryl/α,β-unsaturated/α-hetero) is 1. The molecule has 2 aliphatic rings. The van der Waals surface area contributed by atoms with Crippen molar-refractivity contribution in [1.82, 2.24) is 20.5 Å². The Morgan fingerprint density at radius 3 is 2.40 bits per heavy atom. The molecule has 216 valence electrons. The van der Waals surface area contributed by atoms with Crippen LogP contribution in [0.2, 0.25) is 0 Å². The van der Waals surface area contributed by atoms with E-state index in [1.807, 2.05) is 19.9 Å². The van der Waals surface area contributed by atoms with Crippen molar-refractivity contribution < 1.29 is 24.3 Å². The van der Waals surface area contributed by atoms with Crippen LogP contribution in [-0.4, -0.2) is 71.3 Å². The van der Waals surface area contributed by atoms with E-state index < -0.39 is 0 Å². The molecule has 0 saturated heterocycles. The average molecular weight is 551 g/mol. The third-order valence-corrected chi connectivity index (χ3v) is 7.81. The van der Waals surface area contributed by atoms with E-state index in [0.29, 0.717) is 11.5 Å². The summed E-state index contributed by atoms with van der Waals surface area (Å²) in [5.74, 6) is 0.530. The van der Waals surface area contributed by atoms with Gasteiger partial charge in [-0.1, -0.05) is 26.0 Å². The Kier molecular flexibility index (Phi) is 12.3. The van der Waals surface area contributed by atoms with E-state index in [-0.39, 0.29) is 42.6 Å². The Balaban J connectivity index is 0.00000141. The number of nitrogens with zero attached hydrogens (tertiary/aromatic N) is 2. The fourth-order valence-corrected chi connectivity index (χ4v) is 5.48. The van der Waals surface area contributed by atoms with E-state index in [1.54, 1.807) is 18.3 Å². The number of benzene rings is 1. The van der Waals surface area contributed by atoms with E-state index in [4.69, 9.17) is 9.90 Å². The van der Waals surface area contributed by atoms with Gasteiger partial charge < -0.3 is 20.6 Å². The summed E-state index contributed by atoms with van der Waals surface area (Å²) in [5, 5.41) is 12.6. The van der Waals surface area contributed by atoms with Gasteiger partial charge in [-0.05, 0) is 86.7 Å². The van der Waals surface area contributed by atoms with Crippen LogP contribution in [0, 0.1) is 11.8 Å². The van der Waals surface area contributed by atoms with Crippen LogP contribution in [0.15, 0.2) is 42.7 Å². The highest BCUT2D eigenvalue weighted by Crippen LogP contribution is 2.28. The molecule has 1 aliphatic carbocycles. The molecule has 2 heterocycles. The number of hydrogen-bond acceptors (Lipinski definition) is 6. The van der Waals surface area contributed by atoms with Gasteiger partial charge in [-0.3, -0.25) is 24.2 Å². The molecule has 1 saturated carbocycles. The van der Waals surface area contributed by atoms with Crippen LogP contribution in [-0.2, 0) is 22.4 Å². The van der Waals surface area contributed by atoms with Crippen molar-refractivity contribution in [3.63, 3.8) is 0 Å². The molecule has 0 spiro atoms. The van der Waals surface area contributed by atoms with Gasteiger partial charge in [0.1, 0.15) is 0 Å². The summed E-state index contributed by atoms with van der Waals surface area (Å²) < 4.78 is 0. The van der Waals surface area contributed by atoms with E-state index in [2.05, 4.69) is 32.7 Å². The van der Waals surface area contributed by atoms with Gasteiger partial charge in [-0.25, -0.2) is 0 Å². The minimum absolute atomic E-state index is 0.0157. The number of hydrogen-bond donors (Lipinski definition) is 3. The summed E-state index contributed by atoms with van der Waals surface area (Å²) in [7, 11) is 0. The van der Waals surface area contributed by atoms with Gasteiger partial charge >= 0.3 is 0 Å². The molecular weight excluding hydrogens is 508 g/mol. The van der Waals surface area contributed by atoms with Crippen molar-refractivity contribution in [2.24, 2.45) is 11.8 Å². The molecule has 0 bridgehead atoms. The summed E-state index contributed by atoms with van der Waals surface area (Å²) in [4.78, 5) is 51.7. The fraction of sp³-hybridized carbons (Fsp3) is 0.516. The second kappa shape index (κ2) is 15.9. The third-order valence-electron chi connectivity index (χ3n) is 7.81. The molecule has 9 heteroatoms. The second-order valence-corrected chi connectivity index (χ2v) is 10.9. The fourth-order valence-electron chi connectivity index (χ4n) is 5.48. The minimum Gasteiger partial charge on any atom is -0.483 e. The summed E-state index contributed by atoms with van der Waals surface area (Å²) in [6, 6.07) is 9.86. The predicted octanol–water partition coefficient (Wildman–Crippen LogP) is 3.52. The molecule has 2 amide bonds. The number of ketones is 1. The average Bonchev–Trinajstić information content (AvgIpc) is 3.17. The van der Waals surface area contributed by atoms with Gasteiger partial charge in [0.2, 0.25) is 5.91 Å². The Morgan fingerprint density at radius 1 is 1.05 bits per heavy atom. The highest BCUT2D eigenvalue weighted by molar-refractivity contribution is 5.97. The van der Waals surface area contributed by atoms with Gasteiger partial charge in [0.15, 0.2) is 5.78 Å². The number of nitrogens with one attached hydrogen (secondary N) is 2. The van der Waals surface area contributed by atoms with Crippen LogP contribution in [0.3, 0.4) is 0 Å². The lowest BCUT2D eigenvalue weighted by atomic mass is 9.84. The lowest BCUT2D eigenvalue weighted by molar-refractivity contribution is -0.123. The van der Waals surface area contributed by atoms with Gasteiger partial charge in [0.25, 0.3) is 12.4 Å². The molecule has 3 N–H and O–H groups in total. The van der Waals surface area contributed by atoms with Gasteiger partial charge in [-0.15, -0.1) is 0 Å². The molecule has 0 unspecified atom stereocenters. The maximum absolute atomic E-state index is 12.4. The number of aromatic nitrogens is 1. The minimum atomic E-state index is -0.284. The maximum Gasteiger partial charge on any atom is 0.290 e. The monoisotopic (exact) mass is 550 g/mol. The van der Waals surface area contributed by atoms with Gasteiger partial charge in [0.05, 0.1) is 12.1 Å². The molecule has 40 heavy (non-hydrogen) atoms. The summed E-state index contributed by atoms with van der Waals surface area (Å²) in [5.41, 5.74) is 4.02. The molecular formula is C31H42N4O5. The molecule has 4 rings (SSSR count). The first-order valence-electron chi connectivity index (χ1n) is 14.2. The standard InChI is InChI=1S/C30H40N4O3.CH2O2/c1-21(2)29(36)25-8-7-23-12-16-34(17-13-24(23)18-25)15-11-22-5-9-27(10-6-22)33-28(35)20-32-30(37)26-4-3-14-31-19-26;2-1-3/h3-4,7-8,14,18-19,21-22,27H,5-6,9-13,15-17,20H2,1-2H3,(H,32,37)(H,33,35);1H,(H,2,3). The number of pyridine rings is 1. The Hall–Kier alpha value is -3.59. The highest BCUT2D eigenvalue weighted by Gasteiger charge is 2.24. The number of carbonyl (C=O) groups is 4. The number of carbonyl (C=O) groups excluding carboxylic acids is 3. The number of carboxylic acid groups (broad SMARTS) is 1. The van der Waals surface area contributed by atoms with E-state index in [0.717, 1.165) is 63.7 Å². The van der Waals surface area contributed by atoms with Crippen LogP contribution in [0.4, 0.5) is 0 Å². The topological polar surface area (TPSA) is 129 Å². The second-order valence-electron chi connectivity index (χ2n) is 10.9. The molecule has 1 aromatic carbocycles. The smallest absolute Gasteiger partial charge is 0.290 e. The Morgan fingerprint density at radius 2 is 1.75 bits per heavy atom. The van der Waals surface area contributed by atoms with Crippen molar-refractivity contribution in [3.05, 3.63) is 65.0 Å². The molecule has 0 radical (unpaired) electrons. The highest BCUT2D eigenvalue weighted by atomic mass is 16.3. The molecule has 9 nitrogen and oxygen atoms in total. The first-order chi connectivity index (χ1) is 19.3. The van der Waals surface area contributed by atoms with Crippen LogP contribution in [0.5, 0.6) is 0 Å². The summed E-state index contributed by atoms with van der Waals surface area (Å²) >= 11 is 0. The normalized spacial score (nSPS) is 18.9. The Labute approximate surface area is 236 Å². The zero-order chi connectivity index (χ0) is 28.9. The SMILES string of the molecule is CC(C)C(=O)c1ccc2c(c1)CCN(CCC1CCC(NC(=O)CNC(=O)c3cccnc3)CC1)CC2.O=CO. The van der Waals surface area contributed by atoms with Crippen LogP contribution in [0.25, 0.3) is 0 Å². The van der Waals surface area contributed by atoms with E-state index in [1.165, 1.54) is 23.7 Å². The molecule has 1 fully saturated rings. The van der Waals surface area contributed by atoms with Crippen LogP contribution in [0.1, 0.15) is 77.8 Å². The predicted molar refractivity (Wildman–Crippen MR) is 153 cm³/mol. The Bertz CT molecular complexity index is 1130. The number of fused-ring (bicyclic) bond motifs is 1. The summed E-state index contributed by atoms with van der Waals surface area (Å²) in [6.07, 6.45) is 10.6. The molecule has 2 aromatic rings. The lowest BCUT2D eigenvalue weighted by Gasteiger charge is -2.30. The lowest BCUT2D eigenvalue weighted by Crippen LogP contribution is -2.43. The zero-order valence-corrected chi connectivity index (χ0v) is 23.6. The first-order valence-corrected chi connectivity index (χ1v) is 14.2. The summed E-state index contributed by atoms with van der Waals surface area (Å²) in [6.45, 7) is 6.87. The maximum atomic E-state index is 12.4. The van der Waals surface area contributed by atoms with Crippen LogP contribution >= 0.6 is 0 Å². The first kappa shape index (κ1) is 30.9. The van der Waals surface area contributed by atoms with Crippen molar-refractivity contribution >= 4 is 24.1 Å². The van der Waals surface area contributed by atoms with Crippen molar-refractivity contribution in [3.8, 4) is 0 Å².